The molecule has 0 aliphatic rings. The van der Waals surface area contributed by atoms with E-state index in [9.17, 15) is 0 Å². The average Bonchev–Trinajstić information content (AvgIpc) is 1.99. The molecule has 1 aromatic carbocycles. The number of hydrogen-bond acceptors (Lipinski definition) is 1. The van der Waals surface area contributed by atoms with Crippen LogP contribution < -0.4 is 4.74 Å². The molecule has 0 aliphatic carbocycles. The van der Waals surface area contributed by atoms with E-state index in [1.165, 1.54) is 0 Å². The van der Waals surface area contributed by atoms with Gasteiger partial charge in [0.05, 0.1) is 0 Å². The summed E-state index contributed by atoms with van der Waals surface area (Å²) in [6.45, 7) is 3.80. The molecule has 0 unspecified atom stereocenters. The SMILES string of the molecule is C=C(Cl)COc1cc(Cl)cc(Br)c1. The fourth-order valence-corrected chi connectivity index (χ4v) is 1.66. The van der Waals surface area contributed by atoms with Crippen LogP contribution in [-0.4, -0.2) is 6.61 Å². The minimum Gasteiger partial charge on any atom is -0.488 e. The van der Waals surface area contributed by atoms with Gasteiger partial charge in [0.1, 0.15) is 12.4 Å². The van der Waals surface area contributed by atoms with Crippen LogP contribution in [0.2, 0.25) is 5.02 Å². The van der Waals surface area contributed by atoms with Crippen LogP contribution >= 0.6 is 39.1 Å². The Labute approximate surface area is 95.4 Å². The highest BCUT2D eigenvalue weighted by molar-refractivity contribution is 9.10. The van der Waals surface area contributed by atoms with Gasteiger partial charge in [-0.2, -0.15) is 0 Å². The lowest BCUT2D eigenvalue weighted by Gasteiger charge is -2.05. The van der Waals surface area contributed by atoms with Crippen molar-refractivity contribution < 1.29 is 4.74 Å². The second kappa shape index (κ2) is 4.89. The van der Waals surface area contributed by atoms with Crippen LogP contribution in [0.4, 0.5) is 0 Å². The first-order chi connectivity index (χ1) is 6.08. The van der Waals surface area contributed by atoms with E-state index < -0.39 is 0 Å². The molecule has 0 amide bonds. The second-order valence-corrected chi connectivity index (χ2v) is 4.30. The Hall–Kier alpha value is -0.180. The van der Waals surface area contributed by atoms with Crippen molar-refractivity contribution in [2.75, 3.05) is 6.61 Å². The summed E-state index contributed by atoms with van der Waals surface area (Å²) in [6.07, 6.45) is 0. The molecule has 1 aromatic rings. The zero-order valence-electron chi connectivity index (χ0n) is 6.69. The lowest BCUT2D eigenvalue weighted by atomic mass is 10.3. The minimum absolute atomic E-state index is 0.286. The van der Waals surface area contributed by atoms with Gasteiger partial charge in [-0.15, -0.1) is 0 Å². The third-order valence-corrected chi connectivity index (χ3v) is 2.02. The van der Waals surface area contributed by atoms with Crippen molar-refractivity contribution in [1.29, 1.82) is 0 Å². The van der Waals surface area contributed by atoms with Crippen LogP contribution in [0.5, 0.6) is 5.75 Å². The van der Waals surface area contributed by atoms with E-state index in [0.717, 1.165) is 4.47 Å². The average molecular weight is 282 g/mol. The van der Waals surface area contributed by atoms with Crippen LogP contribution in [0.15, 0.2) is 34.3 Å². The molecule has 0 aromatic heterocycles. The van der Waals surface area contributed by atoms with Gasteiger partial charge in [-0.05, 0) is 18.2 Å². The van der Waals surface area contributed by atoms with E-state index in [2.05, 4.69) is 22.5 Å². The monoisotopic (exact) mass is 280 g/mol. The van der Waals surface area contributed by atoms with Gasteiger partial charge < -0.3 is 4.74 Å². The highest BCUT2D eigenvalue weighted by Crippen LogP contribution is 2.24. The molecule has 0 N–H and O–H groups in total. The zero-order chi connectivity index (χ0) is 9.84. The normalized spacial score (nSPS) is 9.77. The summed E-state index contributed by atoms with van der Waals surface area (Å²) < 4.78 is 6.15. The summed E-state index contributed by atoms with van der Waals surface area (Å²) >= 11 is 14.6. The summed E-state index contributed by atoms with van der Waals surface area (Å²) in [5, 5.41) is 1.07. The van der Waals surface area contributed by atoms with Crippen molar-refractivity contribution >= 4 is 39.1 Å². The Kier molecular flexibility index (Phi) is 4.10. The molecule has 0 saturated heterocycles. The zero-order valence-corrected chi connectivity index (χ0v) is 9.79. The molecule has 4 heteroatoms. The maximum Gasteiger partial charge on any atom is 0.123 e. The van der Waals surface area contributed by atoms with E-state index in [1.807, 2.05) is 6.07 Å². The van der Waals surface area contributed by atoms with Gasteiger partial charge in [0.15, 0.2) is 0 Å². The smallest absolute Gasteiger partial charge is 0.123 e. The highest BCUT2D eigenvalue weighted by Gasteiger charge is 1.98. The molecule has 0 heterocycles. The van der Waals surface area contributed by atoms with E-state index in [0.29, 0.717) is 15.8 Å². The summed E-state index contributed by atoms with van der Waals surface area (Å²) in [6, 6.07) is 5.31. The molecule has 0 saturated carbocycles. The predicted octanol–water partition coefficient (Wildman–Crippen LogP) is 4.23. The van der Waals surface area contributed by atoms with Crippen molar-refractivity contribution in [2.24, 2.45) is 0 Å². The summed E-state index contributed by atoms with van der Waals surface area (Å²) in [5.41, 5.74) is 0. The van der Waals surface area contributed by atoms with Gasteiger partial charge >= 0.3 is 0 Å². The van der Waals surface area contributed by atoms with E-state index in [4.69, 9.17) is 27.9 Å². The largest absolute Gasteiger partial charge is 0.488 e. The topological polar surface area (TPSA) is 9.23 Å². The van der Waals surface area contributed by atoms with E-state index in [-0.39, 0.29) is 6.61 Å². The van der Waals surface area contributed by atoms with Crippen LogP contribution in [0.1, 0.15) is 0 Å². The number of hydrogen-bond donors (Lipinski definition) is 0. The maximum absolute atomic E-state index is 5.80. The number of halogens is 3. The fraction of sp³-hybridized carbons (Fsp3) is 0.111. The summed E-state index contributed by atoms with van der Waals surface area (Å²) in [7, 11) is 0. The van der Waals surface area contributed by atoms with Gasteiger partial charge in [-0.25, -0.2) is 0 Å². The Morgan fingerprint density at radius 2 is 2.15 bits per heavy atom. The van der Waals surface area contributed by atoms with E-state index in [1.54, 1.807) is 12.1 Å². The highest BCUT2D eigenvalue weighted by atomic mass is 79.9. The molecular formula is C9H7BrCl2O. The Morgan fingerprint density at radius 1 is 1.46 bits per heavy atom. The number of benzene rings is 1. The standard InChI is InChI=1S/C9H7BrCl2O/c1-6(11)5-13-9-3-7(10)2-8(12)4-9/h2-4H,1,5H2. The van der Waals surface area contributed by atoms with Crippen molar-refractivity contribution in [1.82, 2.24) is 0 Å². The van der Waals surface area contributed by atoms with Crippen molar-refractivity contribution in [2.45, 2.75) is 0 Å². The molecule has 0 fully saturated rings. The first-order valence-corrected chi connectivity index (χ1v) is 5.05. The van der Waals surface area contributed by atoms with Crippen LogP contribution in [-0.2, 0) is 0 Å². The Bertz CT molecular complexity index is 305. The third-order valence-electron chi connectivity index (χ3n) is 1.23. The molecule has 0 atom stereocenters. The molecule has 13 heavy (non-hydrogen) atoms. The molecule has 70 valence electrons. The van der Waals surface area contributed by atoms with Gasteiger partial charge in [0, 0.05) is 14.5 Å². The van der Waals surface area contributed by atoms with Gasteiger partial charge in [0.25, 0.3) is 0 Å². The molecule has 0 bridgehead atoms. The lowest BCUT2D eigenvalue weighted by molar-refractivity contribution is 0.359. The third kappa shape index (κ3) is 4.03. The van der Waals surface area contributed by atoms with Gasteiger partial charge in [0.2, 0.25) is 0 Å². The van der Waals surface area contributed by atoms with Crippen molar-refractivity contribution in [3.63, 3.8) is 0 Å². The number of ether oxygens (including phenoxy) is 1. The van der Waals surface area contributed by atoms with Crippen LogP contribution in [0.3, 0.4) is 0 Å². The lowest BCUT2D eigenvalue weighted by Crippen LogP contribution is -1.95. The Balaban J connectivity index is 2.71. The minimum atomic E-state index is 0.286. The molecule has 0 spiro atoms. The molecule has 1 nitrogen and oxygen atoms in total. The summed E-state index contributed by atoms with van der Waals surface area (Å²) in [4.78, 5) is 0. The Morgan fingerprint density at radius 3 is 2.69 bits per heavy atom. The van der Waals surface area contributed by atoms with Crippen LogP contribution in [0.25, 0.3) is 0 Å². The van der Waals surface area contributed by atoms with Gasteiger partial charge in [-0.3, -0.25) is 0 Å². The fourth-order valence-electron chi connectivity index (χ4n) is 0.774. The van der Waals surface area contributed by atoms with Gasteiger partial charge in [-0.1, -0.05) is 45.7 Å². The first kappa shape index (κ1) is 10.9. The van der Waals surface area contributed by atoms with E-state index >= 15 is 0 Å². The quantitative estimate of drug-likeness (QED) is 0.805. The van der Waals surface area contributed by atoms with Crippen LogP contribution in [0, 0.1) is 0 Å². The molecule has 0 aliphatic heterocycles. The maximum atomic E-state index is 5.80. The van der Waals surface area contributed by atoms with Crippen molar-refractivity contribution in [3.8, 4) is 5.75 Å². The predicted molar refractivity (Wildman–Crippen MR) is 59.6 cm³/mol. The van der Waals surface area contributed by atoms with Crippen molar-refractivity contribution in [3.05, 3.63) is 39.3 Å². The number of rotatable bonds is 3. The molecule has 1 rings (SSSR count). The molecule has 0 radical (unpaired) electrons. The summed E-state index contributed by atoms with van der Waals surface area (Å²) in [5.74, 6) is 0.668. The molecular weight excluding hydrogens is 275 g/mol. The second-order valence-electron chi connectivity index (χ2n) is 2.41. The first-order valence-electron chi connectivity index (χ1n) is 3.50.